The predicted octanol–water partition coefficient (Wildman–Crippen LogP) is -1.37. The van der Waals surface area contributed by atoms with Crippen LogP contribution in [0.25, 0.3) is 0 Å². The Labute approximate surface area is 114 Å². The van der Waals surface area contributed by atoms with Crippen LogP contribution in [0.2, 0.25) is 0 Å². The second-order valence-electron chi connectivity index (χ2n) is 3.87. The zero-order valence-electron chi connectivity index (χ0n) is 8.99. The summed E-state index contributed by atoms with van der Waals surface area (Å²) in [5, 5.41) is 27.2. The van der Waals surface area contributed by atoms with E-state index in [1.165, 1.54) is 6.20 Å². The Morgan fingerprint density at radius 1 is 1.39 bits per heavy atom. The van der Waals surface area contributed by atoms with E-state index in [1.807, 2.05) is 0 Å². The lowest BCUT2D eigenvalue weighted by molar-refractivity contribution is 0.0101. The molecule has 2 heterocycles. The zero-order chi connectivity index (χ0) is 13.4. The molecule has 0 spiro atoms. The Hall–Kier alpha value is -0.610. The van der Waals surface area contributed by atoms with E-state index in [9.17, 15) is 19.8 Å². The number of hydrogen-bond acceptors (Lipinski definition) is 6. The van der Waals surface area contributed by atoms with Crippen LogP contribution < -0.4 is 11.2 Å². The van der Waals surface area contributed by atoms with Crippen LogP contribution in [-0.2, 0) is 0 Å². The lowest BCUT2D eigenvalue weighted by Crippen LogP contribution is -2.37. The minimum atomic E-state index is -1.19. The van der Waals surface area contributed by atoms with Gasteiger partial charge in [0, 0.05) is 6.20 Å². The molecule has 1 aromatic rings. The van der Waals surface area contributed by atoms with Gasteiger partial charge in [-0.1, -0.05) is 0 Å². The standard InChI is InChI=1S/C9H11BrN2O5S/c10-3-1-12(9(17)11-7(3)16)8-6(15)5(14)4(2-13)18-8/h1,4-6,8,13-15H,2H2,(H,11,16,17)/t4-,5-,6-,8-/m1/s1. The van der Waals surface area contributed by atoms with E-state index in [4.69, 9.17) is 5.11 Å². The molecule has 2 rings (SSSR count). The Morgan fingerprint density at radius 3 is 2.61 bits per heavy atom. The normalized spacial score (nSPS) is 31.8. The first-order valence-electron chi connectivity index (χ1n) is 5.09. The van der Waals surface area contributed by atoms with Gasteiger partial charge in [-0.3, -0.25) is 14.3 Å². The number of aromatic amines is 1. The van der Waals surface area contributed by atoms with Gasteiger partial charge in [0.05, 0.1) is 22.4 Å². The molecule has 1 aromatic heterocycles. The number of halogens is 1. The lowest BCUT2D eigenvalue weighted by Gasteiger charge is -2.17. The Morgan fingerprint density at radius 2 is 2.06 bits per heavy atom. The number of aromatic nitrogens is 2. The van der Waals surface area contributed by atoms with Crippen molar-refractivity contribution in [3.05, 3.63) is 31.5 Å². The van der Waals surface area contributed by atoms with Crippen LogP contribution in [-0.4, -0.2) is 48.9 Å². The second-order valence-corrected chi connectivity index (χ2v) is 6.09. The van der Waals surface area contributed by atoms with Gasteiger partial charge in [0.25, 0.3) is 5.56 Å². The zero-order valence-corrected chi connectivity index (χ0v) is 11.4. The maximum Gasteiger partial charge on any atom is 0.329 e. The highest BCUT2D eigenvalue weighted by Gasteiger charge is 2.43. The summed E-state index contributed by atoms with van der Waals surface area (Å²) in [6.07, 6.45) is -1.06. The number of H-pyrrole nitrogens is 1. The fraction of sp³-hybridized carbons (Fsp3) is 0.556. The summed E-state index contributed by atoms with van der Waals surface area (Å²) in [6, 6.07) is 0. The van der Waals surface area contributed by atoms with Gasteiger partial charge in [-0.2, -0.15) is 0 Å². The molecule has 1 fully saturated rings. The average molecular weight is 339 g/mol. The van der Waals surface area contributed by atoms with Crippen LogP contribution >= 0.6 is 27.7 Å². The molecule has 0 aliphatic carbocycles. The molecule has 1 aliphatic heterocycles. The Kier molecular flexibility index (Phi) is 3.97. The molecule has 0 aromatic carbocycles. The van der Waals surface area contributed by atoms with E-state index in [0.717, 1.165) is 16.3 Å². The molecule has 0 amide bonds. The molecular weight excluding hydrogens is 328 g/mol. The van der Waals surface area contributed by atoms with Gasteiger partial charge in [-0.25, -0.2) is 4.79 Å². The Bertz CT molecular complexity index is 559. The maximum absolute atomic E-state index is 11.6. The Balaban J connectivity index is 2.42. The maximum atomic E-state index is 11.6. The largest absolute Gasteiger partial charge is 0.395 e. The van der Waals surface area contributed by atoms with Crippen LogP contribution in [0.3, 0.4) is 0 Å². The second kappa shape index (κ2) is 5.17. The first kappa shape index (κ1) is 13.8. The van der Waals surface area contributed by atoms with Crippen LogP contribution in [0.5, 0.6) is 0 Å². The predicted molar refractivity (Wildman–Crippen MR) is 68.5 cm³/mol. The minimum Gasteiger partial charge on any atom is -0.395 e. The summed E-state index contributed by atoms with van der Waals surface area (Å²) in [4.78, 5) is 24.9. The number of aliphatic hydroxyl groups excluding tert-OH is 3. The fourth-order valence-corrected chi connectivity index (χ4v) is 3.46. The van der Waals surface area contributed by atoms with Gasteiger partial charge in [-0.15, -0.1) is 11.8 Å². The first-order valence-corrected chi connectivity index (χ1v) is 6.82. The number of nitrogens with zero attached hydrogens (tertiary/aromatic N) is 1. The SMILES string of the molecule is O=c1[nH]c(=O)n([C@@H]2S[C@H](CO)[C@@H](O)[C@H]2O)cc1Br. The van der Waals surface area contributed by atoms with Crippen molar-refractivity contribution in [2.24, 2.45) is 0 Å². The van der Waals surface area contributed by atoms with Gasteiger partial charge in [0.1, 0.15) is 11.5 Å². The molecule has 100 valence electrons. The van der Waals surface area contributed by atoms with E-state index >= 15 is 0 Å². The van der Waals surface area contributed by atoms with Crippen molar-refractivity contribution < 1.29 is 15.3 Å². The highest BCUT2D eigenvalue weighted by atomic mass is 79.9. The van der Waals surface area contributed by atoms with E-state index in [2.05, 4.69) is 20.9 Å². The topological polar surface area (TPSA) is 116 Å². The fourth-order valence-electron chi connectivity index (χ4n) is 1.76. The highest BCUT2D eigenvalue weighted by Crippen LogP contribution is 2.40. The lowest BCUT2D eigenvalue weighted by atomic mass is 10.1. The van der Waals surface area contributed by atoms with Crippen molar-refractivity contribution >= 4 is 27.7 Å². The van der Waals surface area contributed by atoms with E-state index < -0.39 is 34.1 Å². The van der Waals surface area contributed by atoms with Crippen molar-refractivity contribution in [2.45, 2.75) is 22.8 Å². The van der Waals surface area contributed by atoms with Crippen molar-refractivity contribution in [1.82, 2.24) is 9.55 Å². The summed E-state index contributed by atoms with van der Waals surface area (Å²) < 4.78 is 1.27. The number of nitrogens with one attached hydrogen (secondary N) is 1. The molecule has 4 atom stereocenters. The quantitative estimate of drug-likeness (QED) is 0.528. The first-order chi connectivity index (χ1) is 8.45. The highest BCUT2D eigenvalue weighted by molar-refractivity contribution is 9.10. The smallest absolute Gasteiger partial charge is 0.329 e. The van der Waals surface area contributed by atoms with Gasteiger partial charge < -0.3 is 15.3 Å². The van der Waals surface area contributed by atoms with E-state index in [1.54, 1.807) is 0 Å². The van der Waals surface area contributed by atoms with Crippen molar-refractivity contribution in [2.75, 3.05) is 6.61 Å². The summed E-state index contributed by atoms with van der Waals surface area (Å²) in [7, 11) is 0. The molecule has 18 heavy (non-hydrogen) atoms. The molecular formula is C9H11BrN2O5S. The number of hydrogen-bond donors (Lipinski definition) is 4. The van der Waals surface area contributed by atoms with Crippen molar-refractivity contribution in [1.29, 1.82) is 0 Å². The third-order valence-corrected chi connectivity index (χ3v) is 4.84. The average Bonchev–Trinajstić information content (AvgIpc) is 2.61. The molecule has 0 saturated carbocycles. The summed E-state index contributed by atoms with van der Waals surface area (Å²) in [5.74, 6) is 0. The van der Waals surface area contributed by atoms with Gasteiger partial charge in [0.15, 0.2) is 0 Å². The third-order valence-electron chi connectivity index (χ3n) is 2.72. The van der Waals surface area contributed by atoms with Crippen LogP contribution in [0, 0.1) is 0 Å². The van der Waals surface area contributed by atoms with E-state index in [-0.39, 0.29) is 11.1 Å². The van der Waals surface area contributed by atoms with Gasteiger partial charge in [-0.05, 0) is 15.9 Å². The van der Waals surface area contributed by atoms with Crippen molar-refractivity contribution in [3.63, 3.8) is 0 Å². The molecule has 1 aliphatic rings. The summed E-state index contributed by atoms with van der Waals surface area (Å²) in [6.45, 7) is -0.307. The van der Waals surface area contributed by atoms with E-state index in [0.29, 0.717) is 0 Å². The van der Waals surface area contributed by atoms with Crippen molar-refractivity contribution in [3.8, 4) is 0 Å². The van der Waals surface area contributed by atoms with Gasteiger partial charge in [0.2, 0.25) is 0 Å². The van der Waals surface area contributed by atoms with Gasteiger partial charge >= 0.3 is 5.69 Å². The molecule has 4 N–H and O–H groups in total. The molecule has 0 bridgehead atoms. The third kappa shape index (κ3) is 2.28. The summed E-state index contributed by atoms with van der Waals surface area (Å²) in [5.41, 5.74) is -1.24. The molecule has 1 saturated heterocycles. The number of thioether (sulfide) groups is 1. The minimum absolute atomic E-state index is 0.150. The summed E-state index contributed by atoms with van der Waals surface area (Å²) >= 11 is 4.07. The van der Waals surface area contributed by atoms with Crippen LogP contribution in [0.1, 0.15) is 5.37 Å². The molecule has 0 radical (unpaired) electrons. The molecule has 0 unspecified atom stereocenters. The van der Waals surface area contributed by atoms with Crippen LogP contribution in [0.15, 0.2) is 20.3 Å². The number of aliphatic hydroxyl groups is 3. The monoisotopic (exact) mass is 338 g/mol. The number of rotatable bonds is 2. The van der Waals surface area contributed by atoms with Crippen LogP contribution in [0.4, 0.5) is 0 Å². The molecule has 7 nitrogen and oxygen atoms in total. The molecule has 9 heteroatoms.